The lowest BCUT2D eigenvalue weighted by atomic mass is 10.2. The van der Waals surface area contributed by atoms with Crippen LogP contribution in [0.4, 0.5) is 52.7 Å². The molecule has 256 valence electrons. The second kappa shape index (κ2) is 11.3. The minimum absolute atomic E-state index is 0.150. The van der Waals surface area contributed by atoms with Gasteiger partial charge in [0.15, 0.2) is 0 Å². The smallest absolute Gasteiger partial charge is 0.206 e. The fourth-order valence-electron chi connectivity index (χ4n) is 3.78. The van der Waals surface area contributed by atoms with Crippen LogP contribution in [-0.2, 0) is 40.1 Å². The number of alkyl halides is 12. The largest absolute Gasteiger partial charge is 0.429 e. The standard InChI is InChI=1S/C16H21F12N3O8S4/c17-11(18,15(25,26)42(36,37)30-7-3-1-4-8-30)13(21,22)40(32,33)29-41(34,35)14(23,24)12(19,20)16(27,28)43(38,39)31-9-5-2-6-10-31/h29H,1-10H2. The van der Waals surface area contributed by atoms with Crippen molar-refractivity contribution in [3.05, 3.63) is 0 Å². The zero-order valence-electron chi connectivity index (χ0n) is 20.9. The van der Waals surface area contributed by atoms with Gasteiger partial charge in [-0.15, -0.1) is 0 Å². The van der Waals surface area contributed by atoms with Crippen molar-refractivity contribution in [2.24, 2.45) is 0 Å². The Kier molecular flexibility index (Phi) is 9.97. The molecule has 43 heavy (non-hydrogen) atoms. The molecule has 2 fully saturated rings. The first-order chi connectivity index (χ1) is 18.9. The van der Waals surface area contributed by atoms with Crippen LogP contribution >= 0.6 is 0 Å². The first kappa shape index (κ1) is 38.0. The van der Waals surface area contributed by atoms with Gasteiger partial charge in [0.05, 0.1) is 0 Å². The van der Waals surface area contributed by atoms with E-state index in [0.29, 0.717) is 0 Å². The van der Waals surface area contributed by atoms with E-state index in [-0.39, 0.29) is 38.5 Å². The van der Waals surface area contributed by atoms with Crippen molar-refractivity contribution >= 4 is 40.1 Å². The maximum Gasteiger partial charge on any atom is 0.429 e. The number of hydrogen-bond donors (Lipinski definition) is 1. The SMILES string of the molecule is O=S(=O)(NS(=O)(=O)C(F)(F)C(F)(F)C(F)(F)S(=O)(=O)N1CCCCC1)C(F)(F)C(F)(F)C(F)(F)S(=O)(=O)N1CCCCC1. The third-order valence-corrected chi connectivity index (χ3v) is 13.8. The molecule has 0 amide bonds. The molecule has 11 nitrogen and oxygen atoms in total. The van der Waals surface area contributed by atoms with Gasteiger partial charge in [-0.05, 0) is 25.7 Å². The first-order valence-corrected chi connectivity index (χ1v) is 17.3. The predicted molar refractivity (Wildman–Crippen MR) is 119 cm³/mol. The predicted octanol–water partition coefficient (Wildman–Crippen LogP) is 2.51. The zero-order chi connectivity index (χ0) is 33.9. The van der Waals surface area contributed by atoms with E-state index in [1.807, 2.05) is 0 Å². The lowest BCUT2D eigenvalue weighted by Gasteiger charge is -2.37. The van der Waals surface area contributed by atoms with Crippen molar-refractivity contribution in [2.45, 2.75) is 71.4 Å². The van der Waals surface area contributed by atoms with Crippen LogP contribution in [0.2, 0.25) is 0 Å². The van der Waals surface area contributed by atoms with Crippen molar-refractivity contribution in [1.82, 2.24) is 12.7 Å². The summed E-state index contributed by atoms with van der Waals surface area (Å²) in [6.45, 7) is -3.85. The maximum absolute atomic E-state index is 14.4. The summed E-state index contributed by atoms with van der Waals surface area (Å²) in [7, 11) is -30.6. The molecule has 0 unspecified atom stereocenters. The number of halogens is 12. The normalized spacial score (nSPS) is 20.7. The van der Waals surface area contributed by atoms with Crippen LogP contribution in [0.5, 0.6) is 0 Å². The van der Waals surface area contributed by atoms with Gasteiger partial charge < -0.3 is 0 Å². The quantitative estimate of drug-likeness (QED) is 0.300. The molecule has 0 aromatic rings. The van der Waals surface area contributed by atoms with E-state index in [2.05, 4.69) is 0 Å². The molecule has 2 heterocycles. The summed E-state index contributed by atoms with van der Waals surface area (Å²) in [6, 6.07) is 0. The highest BCUT2D eigenvalue weighted by molar-refractivity contribution is 8.05. The summed E-state index contributed by atoms with van der Waals surface area (Å²) in [6.07, 6.45) is -0.768. The summed E-state index contributed by atoms with van der Waals surface area (Å²) in [5, 5.41) is -29.8. The number of rotatable bonds is 12. The van der Waals surface area contributed by atoms with E-state index in [1.165, 1.54) is 0 Å². The molecule has 2 aliphatic rings. The fraction of sp³-hybridized carbons (Fsp3) is 1.00. The first-order valence-electron chi connectivity index (χ1n) is 11.5. The van der Waals surface area contributed by atoms with E-state index in [0.717, 1.165) is 0 Å². The van der Waals surface area contributed by atoms with Crippen LogP contribution in [0.3, 0.4) is 0 Å². The Hall–Kier alpha value is -1.16. The van der Waals surface area contributed by atoms with Crippen molar-refractivity contribution < 1.29 is 86.4 Å². The summed E-state index contributed by atoms with van der Waals surface area (Å²) >= 11 is 0. The summed E-state index contributed by atoms with van der Waals surface area (Å²) < 4.78 is 265. The number of nitrogens with one attached hydrogen (secondary N) is 1. The van der Waals surface area contributed by atoms with Crippen LogP contribution in [0, 0.1) is 0 Å². The summed E-state index contributed by atoms with van der Waals surface area (Å²) in [5.74, 6) is -15.5. The van der Waals surface area contributed by atoms with Crippen LogP contribution in [0.15, 0.2) is 0 Å². The Morgan fingerprint density at radius 3 is 0.860 bits per heavy atom. The highest BCUT2D eigenvalue weighted by atomic mass is 32.3. The molecule has 0 saturated carbocycles. The molecule has 0 spiro atoms. The van der Waals surface area contributed by atoms with Crippen LogP contribution in [0.25, 0.3) is 0 Å². The molecule has 0 atom stereocenters. The highest BCUT2D eigenvalue weighted by Crippen LogP contribution is 2.54. The highest BCUT2D eigenvalue weighted by Gasteiger charge is 2.86. The van der Waals surface area contributed by atoms with Gasteiger partial charge in [-0.1, -0.05) is 17.0 Å². The Labute approximate surface area is 236 Å². The molecule has 27 heteroatoms. The molecule has 0 aromatic heterocycles. The van der Waals surface area contributed by atoms with Gasteiger partial charge >= 0.3 is 32.9 Å². The average Bonchev–Trinajstić information content (AvgIpc) is 2.88. The molecule has 0 aromatic carbocycles. The number of piperidine rings is 2. The summed E-state index contributed by atoms with van der Waals surface area (Å²) in [5.41, 5.74) is 0. The number of hydrogen-bond acceptors (Lipinski definition) is 8. The van der Waals surface area contributed by atoms with Crippen LogP contribution < -0.4 is 4.13 Å². The fourth-order valence-corrected chi connectivity index (χ4v) is 9.87. The molecule has 2 saturated heterocycles. The van der Waals surface area contributed by atoms with Crippen LogP contribution in [-0.4, -0.2) is 101 Å². The number of sulfonamides is 4. The Bertz CT molecular complexity index is 1380. The minimum atomic E-state index is -8.40. The van der Waals surface area contributed by atoms with Crippen molar-refractivity contribution in [2.75, 3.05) is 26.2 Å². The van der Waals surface area contributed by atoms with Gasteiger partial charge in [-0.2, -0.15) is 61.3 Å². The van der Waals surface area contributed by atoms with E-state index in [4.69, 9.17) is 0 Å². The van der Waals surface area contributed by atoms with Crippen molar-refractivity contribution in [3.8, 4) is 0 Å². The van der Waals surface area contributed by atoms with Gasteiger partial charge in [0.2, 0.25) is 0 Å². The van der Waals surface area contributed by atoms with E-state index in [1.54, 1.807) is 0 Å². The third kappa shape index (κ3) is 5.61. The monoisotopic (exact) mass is 739 g/mol. The van der Waals surface area contributed by atoms with Gasteiger partial charge in [0.25, 0.3) is 40.1 Å². The van der Waals surface area contributed by atoms with Crippen molar-refractivity contribution in [3.63, 3.8) is 0 Å². The molecule has 1 N–H and O–H groups in total. The number of nitrogens with zero attached hydrogens (tertiary/aromatic N) is 2. The maximum atomic E-state index is 14.4. The second-order valence-corrected chi connectivity index (χ2v) is 16.9. The zero-order valence-corrected chi connectivity index (χ0v) is 24.2. The molecule has 0 aliphatic carbocycles. The van der Waals surface area contributed by atoms with Crippen molar-refractivity contribution in [1.29, 1.82) is 0 Å². The Balaban J connectivity index is 2.54. The molecular formula is C16H21F12N3O8S4. The topological polar surface area (TPSA) is 155 Å². The average molecular weight is 740 g/mol. The molecular weight excluding hydrogens is 718 g/mol. The van der Waals surface area contributed by atoms with E-state index in [9.17, 15) is 86.4 Å². The summed E-state index contributed by atoms with van der Waals surface area (Å²) in [4.78, 5) is 0. The minimum Gasteiger partial charge on any atom is -0.206 e. The van der Waals surface area contributed by atoms with Gasteiger partial charge in [0, 0.05) is 26.2 Å². The molecule has 0 radical (unpaired) electrons. The lowest BCUT2D eigenvalue weighted by molar-refractivity contribution is -0.246. The Morgan fingerprint density at radius 1 is 0.395 bits per heavy atom. The molecule has 0 bridgehead atoms. The Morgan fingerprint density at radius 2 is 0.628 bits per heavy atom. The second-order valence-electron chi connectivity index (χ2n) is 9.24. The lowest BCUT2D eigenvalue weighted by Crippen LogP contribution is -2.68. The van der Waals surface area contributed by atoms with E-state index >= 15 is 0 Å². The molecule has 2 rings (SSSR count). The van der Waals surface area contributed by atoms with E-state index < -0.39 is 112 Å². The van der Waals surface area contributed by atoms with Crippen LogP contribution in [0.1, 0.15) is 38.5 Å². The van der Waals surface area contributed by atoms with Gasteiger partial charge in [-0.25, -0.2) is 33.7 Å². The van der Waals surface area contributed by atoms with Gasteiger partial charge in [-0.3, -0.25) is 0 Å². The van der Waals surface area contributed by atoms with Gasteiger partial charge in [0.1, 0.15) is 0 Å². The third-order valence-electron chi connectivity index (χ3n) is 6.31. The molecule has 2 aliphatic heterocycles.